The molecule has 0 saturated carbocycles. The minimum Gasteiger partial charge on any atom is -0.301 e. The molecule has 0 aromatic carbocycles. The predicted molar refractivity (Wildman–Crippen MR) is 83.7 cm³/mol. The Morgan fingerprint density at radius 1 is 1.32 bits per heavy atom. The smallest absolute Gasteiger partial charge is 0.209 e. The first-order valence-corrected chi connectivity index (χ1v) is 9.58. The summed E-state index contributed by atoms with van der Waals surface area (Å²) in [7, 11) is -3.17. The molecule has 1 aliphatic heterocycles. The van der Waals surface area contributed by atoms with Crippen molar-refractivity contribution in [3.8, 4) is 0 Å². The van der Waals surface area contributed by atoms with Crippen molar-refractivity contribution in [1.29, 1.82) is 0 Å². The fourth-order valence-electron chi connectivity index (χ4n) is 3.07. The van der Waals surface area contributed by atoms with E-state index < -0.39 is 10.0 Å². The molecule has 22 heavy (non-hydrogen) atoms. The van der Waals surface area contributed by atoms with Crippen molar-refractivity contribution in [2.24, 2.45) is 11.8 Å². The van der Waals surface area contributed by atoms with Crippen molar-refractivity contribution in [1.82, 2.24) is 29.8 Å². The maximum absolute atomic E-state index is 11.5. The van der Waals surface area contributed by atoms with Crippen LogP contribution in [0.5, 0.6) is 0 Å². The zero-order valence-electron chi connectivity index (χ0n) is 13.7. The molecular formula is C13H26N6O2S. The maximum Gasteiger partial charge on any atom is 0.209 e. The number of sulfonamides is 1. The largest absolute Gasteiger partial charge is 0.301 e. The topological polar surface area (TPSA) is 93.0 Å². The van der Waals surface area contributed by atoms with Gasteiger partial charge in [-0.2, -0.15) is 0 Å². The Labute approximate surface area is 132 Å². The maximum atomic E-state index is 11.5. The van der Waals surface area contributed by atoms with Crippen LogP contribution in [0.1, 0.15) is 26.1 Å². The average Bonchev–Trinajstić information content (AvgIpc) is 2.95. The minimum atomic E-state index is -3.17. The monoisotopic (exact) mass is 330 g/mol. The van der Waals surface area contributed by atoms with Crippen LogP contribution in [0.4, 0.5) is 0 Å². The molecule has 1 saturated heterocycles. The summed E-state index contributed by atoms with van der Waals surface area (Å²) >= 11 is 0. The molecule has 1 aliphatic rings. The lowest BCUT2D eigenvalue weighted by molar-refractivity contribution is 0.291. The summed E-state index contributed by atoms with van der Waals surface area (Å²) in [5.41, 5.74) is 0. The molecular weight excluding hydrogens is 304 g/mol. The molecule has 1 N–H and O–H groups in total. The summed E-state index contributed by atoms with van der Waals surface area (Å²) in [6.45, 7) is 9.59. The molecule has 0 spiro atoms. The van der Waals surface area contributed by atoms with E-state index in [2.05, 4.69) is 39.0 Å². The van der Waals surface area contributed by atoms with Gasteiger partial charge in [0.05, 0.1) is 6.26 Å². The van der Waals surface area contributed by atoms with Crippen LogP contribution in [0.15, 0.2) is 0 Å². The molecule has 0 aliphatic carbocycles. The molecule has 2 atom stereocenters. The van der Waals surface area contributed by atoms with Crippen LogP contribution < -0.4 is 4.72 Å². The second-order valence-electron chi connectivity index (χ2n) is 6.47. The number of nitrogens with one attached hydrogen (secondary N) is 1. The van der Waals surface area contributed by atoms with Crippen molar-refractivity contribution in [2.45, 2.75) is 39.8 Å². The summed E-state index contributed by atoms with van der Waals surface area (Å²) < 4.78 is 27.6. The van der Waals surface area contributed by atoms with E-state index in [1.807, 2.05) is 6.92 Å². The van der Waals surface area contributed by atoms with Gasteiger partial charge in [0.1, 0.15) is 5.82 Å². The van der Waals surface area contributed by atoms with Gasteiger partial charge in [0, 0.05) is 25.7 Å². The van der Waals surface area contributed by atoms with Crippen molar-refractivity contribution >= 4 is 10.0 Å². The Morgan fingerprint density at radius 2 is 2.05 bits per heavy atom. The zero-order chi connectivity index (χ0) is 16.3. The highest BCUT2D eigenvalue weighted by Crippen LogP contribution is 2.25. The lowest BCUT2D eigenvalue weighted by Crippen LogP contribution is -2.41. The van der Waals surface area contributed by atoms with Gasteiger partial charge in [0.25, 0.3) is 0 Å². The highest BCUT2D eigenvalue weighted by atomic mass is 32.2. The molecule has 0 radical (unpaired) electrons. The molecule has 8 nitrogen and oxygen atoms in total. The highest BCUT2D eigenvalue weighted by Gasteiger charge is 2.35. The molecule has 2 heterocycles. The van der Waals surface area contributed by atoms with Crippen molar-refractivity contribution < 1.29 is 8.42 Å². The Hall–Kier alpha value is -1.06. The van der Waals surface area contributed by atoms with Crippen molar-refractivity contribution in [2.75, 3.05) is 25.9 Å². The molecule has 2 rings (SSSR count). The SMILES string of the molecule is Cc1nnnn1CCCN1C[C@@H](NS(C)(=O)=O)[C@H](C(C)C)C1. The Morgan fingerprint density at radius 3 is 2.59 bits per heavy atom. The van der Waals surface area contributed by atoms with Crippen LogP contribution in [0.2, 0.25) is 0 Å². The summed E-state index contributed by atoms with van der Waals surface area (Å²) in [4.78, 5) is 2.33. The van der Waals surface area contributed by atoms with Crippen LogP contribution in [-0.4, -0.2) is 65.5 Å². The number of tetrazole rings is 1. The molecule has 9 heteroatoms. The van der Waals surface area contributed by atoms with Crippen molar-refractivity contribution in [3.63, 3.8) is 0 Å². The molecule has 126 valence electrons. The van der Waals surface area contributed by atoms with Gasteiger partial charge < -0.3 is 4.90 Å². The van der Waals surface area contributed by atoms with Gasteiger partial charge in [-0.3, -0.25) is 0 Å². The van der Waals surface area contributed by atoms with Gasteiger partial charge in [-0.25, -0.2) is 17.8 Å². The van der Waals surface area contributed by atoms with Gasteiger partial charge in [0.2, 0.25) is 10.0 Å². The second-order valence-corrected chi connectivity index (χ2v) is 8.25. The molecule has 1 fully saturated rings. The number of aryl methyl sites for hydroxylation is 2. The molecule has 0 bridgehead atoms. The van der Waals surface area contributed by atoms with E-state index in [9.17, 15) is 8.42 Å². The third kappa shape index (κ3) is 4.72. The van der Waals surface area contributed by atoms with E-state index >= 15 is 0 Å². The number of nitrogens with zero attached hydrogens (tertiary/aromatic N) is 5. The van der Waals surface area contributed by atoms with Gasteiger partial charge in [0.15, 0.2) is 0 Å². The normalized spacial score (nSPS) is 23.5. The van der Waals surface area contributed by atoms with Crippen molar-refractivity contribution in [3.05, 3.63) is 5.82 Å². The van der Waals surface area contributed by atoms with Gasteiger partial charge in [-0.15, -0.1) is 5.10 Å². The van der Waals surface area contributed by atoms with Gasteiger partial charge >= 0.3 is 0 Å². The summed E-state index contributed by atoms with van der Waals surface area (Å²) in [5.74, 6) is 1.62. The minimum absolute atomic E-state index is 0.00442. The van der Waals surface area contributed by atoms with Crippen LogP contribution in [-0.2, 0) is 16.6 Å². The molecule has 0 unspecified atom stereocenters. The number of rotatable bonds is 7. The molecule has 0 amide bonds. The van der Waals surface area contributed by atoms with Crippen LogP contribution in [0.25, 0.3) is 0 Å². The highest BCUT2D eigenvalue weighted by molar-refractivity contribution is 7.88. The third-order valence-electron chi connectivity index (χ3n) is 4.22. The standard InChI is InChI=1S/C13H26N6O2S/c1-10(2)12-8-18(9-13(12)15-22(4,20)21)6-5-7-19-11(3)14-16-17-19/h10,12-13,15H,5-9H2,1-4H3/t12-,13+/m0/s1. The number of aromatic nitrogens is 4. The lowest BCUT2D eigenvalue weighted by Gasteiger charge is -2.21. The van der Waals surface area contributed by atoms with E-state index in [4.69, 9.17) is 0 Å². The van der Waals surface area contributed by atoms with E-state index in [-0.39, 0.29) is 6.04 Å². The second kappa shape index (κ2) is 7.01. The van der Waals surface area contributed by atoms with Crippen LogP contribution in [0, 0.1) is 18.8 Å². The van der Waals surface area contributed by atoms with E-state index in [0.29, 0.717) is 11.8 Å². The first kappa shape index (κ1) is 17.3. The predicted octanol–water partition coefficient (Wildman–Crippen LogP) is -0.123. The number of hydrogen-bond acceptors (Lipinski definition) is 6. The summed E-state index contributed by atoms with van der Waals surface area (Å²) in [6, 6.07) is 0.00442. The number of hydrogen-bond donors (Lipinski definition) is 1. The zero-order valence-corrected chi connectivity index (χ0v) is 14.5. The van der Waals surface area contributed by atoms with Crippen LogP contribution in [0.3, 0.4) is 0 Å². The Kier molecular flexibility index (Phi) is 5.51. The van der Waals surface area contributed by atoms with E-state index in [0.717, 1.165) is 38.4 Å². The van der Waals surface area contributed by atoms with E-state index in [1.165, 1.54) is 6.26 Å². The average molecular weight is 330 g/mol. The summed E-state index contributed by atoms with van der Waals surface area (Å²) in [5, 5.41) is 11.4. The summed E-state index contributed by atoms with van der Waals surface area (Å²) in [6.07, 6.45) is 2.18. The lowest BCUT2D eigenvalue weighted by atomic mass is 9.92. The molecule has 1 aromatic rings. The first-order chi connectivity index (χ1) is 10.3. The first-order valence-electron chi connectivity index (χ1n) is 7.68. The van der Waals surface area contributed by atoms with E-state index in [1.54, 1.807) is 4.68 Å². The Bertz CT molecular complexity index is 585. The number of likely N-dealkylation sites (tertiary alicyclic amines) is 1. The van der Waals surface area contributed by atoms with Crippen LogP contribution >= 0.6 is 0 Å². The fourth-order valence-corrected chi connectivity index (χ4v) is 3.87. The quantitative estimate of drug-likeness (QED) is 0.749. The van der Waals surface area contributed by atoms with Gasteiger partial charge in [-0.05, 0) is 42.2 Å². The fraction of sp³-hybridized carbons (Fsp3) is 0.923. The molecule has 1 aromatic heterocycles. The third-order valence-corrected chi connectivity index (χ3v) is 4.95. The van der Waals surface area contributed by atoms with Gasteiger partial charge in [-0.1, -0.05) is 13.8 Å². The Balaban J connectivity index is 1.86.